The number of hydrogen-bond donors (Lipinski definition) is 5. The Balaban J connectivity index is 2.31. The van der Waals surface area contributed by atoms with Crippen molar-refractivity contribution >= 4 is 11.9 Å². The number of aromatic amines is 1. The highest BCUT2D eigenvalue weighted by atomic mass is 19.1. The van der Waals surface area contributed by atoms with E-state index < -0.39 is 46.1 Å². The number of aliphatic hydroxyl groups is 1. The molecular weight excluding hydrogens is 499 g/mol. The highest BCUT2D eigenvalue weighted by Gasteiger charge is 2.28. The zero-order valence-electron chi connectivity index (χ0n) is 22.6. The Labute approximate surface area is 220 Å². The smallest absolute Gasteiger partial charge is 0.320 e. The maximum Gasteiger partial charge on any atom is 0.320 e. The first-order chi connectivity index (χ1) is 17.7. The molecule has 38 heavy (non-hydrogen) atoms. The van der Waals surface area contributed by atoms with Gasteiger partial charge in [0.15, 0.2) is 5.69 Å². The molecular formula is C26H37FN4O7. The average Bonchev–Trinajstić information content (AvgIpc) is 2.85. The molecule has 1 aromatic heterocycles. The Morgan fingerprint density at radius 2 is 1.92 bits per heavy atom. The van der Waals surface area contributed by atoms with Crippen molar-refractivity contribution in [1.29, 1.82) is 0 Å². The quantitative estimate of drug-likeness (QED) is 0.255. The zero-order chi connectivity index (χ0) is 28.7. The largest absolute Gasteiger partial charge is 0.501 e. The summed E-state index contributed by atoms with van der Waals surface area (Å²) in [6.45, 7) is 7.96. The van der Waals surface area contributed by atoms with Gasteiger partial charge in [0, 0.05) is 13.7 Å². The molecule has 0 spiro atoms. The van der Waals surface area contributed by atoms with E-state index in [2.05, 4.69) is 20.6 Å². The fraction of sp³-hybridized carbons (Fsp3) is 0.538. The van der Waals surface area contributed by atoms with E-state index in [0.29, 0.717) is 17.5 Å². The molecule has 210 valence electrons. The first-order valence-corrected chi connectivity index (χ1v) is 12.2. The van der Waals surface area contributed by atoms with Crippen molar-refractivity contribution in [3.63, 3.8) is 0 Å². The van der Waals surface area contributed by atoms with E-state index in [4.69, 9.17) is 9.47 Å². The Morgan fingerprint density at radius 1 is 1.24 bits per heavy atom. The second-order valence-electron chi connectivity index (χ2n) is 10.3. The third-order valence-corrected chi connectivity index (χ3v) is 5.84. The van der Waals surface area contributed by atoms with Gasteiger partial charge in [0.25, 0.3) is 11.5 Å². The maximum absolute atomic E-state index is 13.5. The second-order valence-corrected chi connectivity index (χ2v) is 10.3. The van der Waals surface area contributed by atoms with Crippen molar-refractivity contribution in [3.05, 3.63) is 57.0 Å². The number of methoxy groups -OCH3 is 1. The number of benzene rings is 1. The molecule has 1 aromatic carbocycles. The number of rotatable bonds is 12. The number of amides is 1. The topological polar surface area (TPSA) is 163 Å². The van der Waals surface area contributed by atoms with E-state index in [0.717, 1.165) is 0 Å². The molecule has 1 heterocycles. The minimum atomic E-state index is -0.946. The van der Waals surface area contributed by atoms with Crippen molar-refractivity contribution in [2.75, 3.05) is 20.3 Å². The van der Waals surface area contributed by atoms with Gasteiger partial charge in [-0.15, -0.1) is 0 Å². The fourth-order valence-electron chi connectivity index (χ4n) is 3.51. The fourth-order valence-corrected chi connectivity index (χ4v) is 3.51. The molecule has 0 aliphatic rings. The van der Waals surface area contributed by atoms with Crippen LogP contribution in [0.2, 0.25) is 0 Å². The van der Waals surface area contributed by atoms with Gasteiger partial charge in [0.1, 0.15) is 17.2 Å². The normalized spacial score (nSPS) is 14.0. The van der Waals surface area contributed by atoms with Gasteiger partial charge in [-0.3, -0.25) is 19.7 Å². The number of hydrogen-bond acceptors (Lipinski definition) is 9. The first kappa shape index (κ1) is 30.9. The van der Waals surface area contributed by atoms with E-state index in [1.54, 1.807) is 40.7 Å². The van der Waals surface area contributed by atoms with Gasteiger partial charge in [-0.2, -0.15) is 0 Å². The number of aromatic hydroxyl groups is 1. The van der Waals surface area contributed by atoms with E-state index in [1.807, 2.05) is 0 Å². The Kier molecular flexibility index (Phi) is 10.5. The van der Waals surface area contributed by atoms with Crippen LogP contribution in [0.1, 0.15) is 74.0 Å². The number of carbonyl (C=O) groups is 2. The van der Waals surface area contributed by atoms with Crippen LogP contribution in [0.15, 0.2) is 23.0 Å². The van der Waals surface area contributed by atoms with Crippen molar-refractivity contribution in [2.24, 2.45) is 0 Å². The van der Waals surface area contributed by atoms with Gasteiger partial charge in [-0.05, 0) is 64.7 Å². The molecule has 0 aliphatic carbocycles. The lowest BCUT2D eigenvalue weighted by molar-refractivity contribution is -0.153. The summed E-state index contributed by atoms with van der Waals surface area (Å²) in [5.41, 5.74) is -2.06. The molecule has 2 atom stereocenters. The van der Waals surface area contributed by atoms with Gasteiger partial charge in [-0.25, -0.2) is 9.37 Å². The number of nitrogens with one attached hydrogen (secondary N) is 3. The summed E-state index contributed by atoms with van der Waals surface area (Å²) in [6.07, 6.45) is 0.527. The third-order valence-electron chi connectivity index (χ3n) is 5.84. The van der Waals surface area contributed by atoms with Gasteiger partial charge in [0.2, 0.25) is 5.75 Å². The second kappa shape index (κ2) is 12.9. The molecule has 0 bridgehead atoms. The predicted molar refractivity (Wildman–Crippen MR) is 137 cm³/mol. The summed E-state index contributed by atoms with van der Waals surface area (Å²) in [4.78, 5) is 44.3. The monoisotopic (exact) mass is 536 g/mol. The number of nitrogens with zero attached hydrogens (tertiary/aromatic N) is 1. The summed E-state index contributed by atoms with van der Waals surface area (Å²) in [6, 6.07) is 3.57. The Morgan fingerprint density at radius 3 is 2.50 bits per heavy atom. The van der Waals surface area contributed by atoms with E-state index in [1.165, 1.54) is 19.2 Å². The van der Waals surface area contributed by atoms with Crippen molar-refractivity contribution < 1.29 is 33.7 Å². The standard InChI is InChI=1S/C26H37FN4O7/c1-15-11-16(7-8-17(15)27)12-29-23(35)20-21(34)24(36)31-22(30-20)18(9-10-26(5,14-32)37-6)28-13-19(33)38-25(2,3)4/h7-8,11,18,28,32,34H,9-10,12-14H2,1-6H3,(H,29,35)(H,30,31,36). The molecule has 2 rings (SSSR count). The predicted octanol–water partition coefficient (Wildman–Crippen LogP) is 2.00. The lowest BCUT2D eigenvalue weighted by Crippen LogP contribution is -2.37. The van der Waals surface area contributed by atoms with Crippen molar-refractivity contribution in [3.8, 4) is 5.75 Å². The number of ether oxygens (including phenoxy) is 2. The van der Waals surface area contributed by atoms with Gasteiger partial charge in [-0.1, -0.05) is 12.1 Å². The highest BCUT2D eigenvalue weighted by Crippen LogP contribution is 2.24. The number of carbonyl (C=O) groups excluding carboxylic acids is 2. The minimum absolute atomic E-state index is 0.00414. The van der Waals surface area contributed by atoms with Crippen LogP contribution in [0.25, 0.3) is 0 Å². The van der Waals surface area contributed by atoms with E-state index in [-0.39, 0.29) is 37.8 Å². The molecule has 5 N–H and O–H groups in total. The summed E-state index contributed by atoms with van der Waals surface area (Å²) in [7, 11) is 1.45. The lowest BCUT2D eigenvalue weighted by atomic mass is 9.97. The summed E-state index contributed by atoms with van der Waals surface area (Å²) < 4.78 is 24.2. The van der Waals surface area contributed by atoms with Crippen LogP contribution < -0.4 is 16.2 Å². The van der Waals surface area contributed by atoms with Gasteiger partial charge >= 0.3 is 5.97 Å². The zero-order valence-corrected chi connectivity index (χ0v) is 22.6. The van der Waals surface area contributed by atoms with Crippen LogP contribution in [0.4, 0.5) is 4.39 Å². The molecule has 0 saturated heterocycles. The molecule has 0 aliphatic heterocycles. The molecule has 0 radical (unpaired) electrons. The lowest BCUT2D eigenvalue weighted by Gasteiger charge is -2.28. The first-order valence-electron chi connectivity index (χ1n) is 12.2. The maximum atomic E-state index is 13.5. The molecule has 0 saturated carbocycles. The van der Waals surface area contributed by atoms with Crippen LogP contribution in [-0.2, 0) is 20.8 Å². The van der Waals surface area contributed by atoms with Crippen LogP contribution in [-0.4, -0.2) is 63.5 Å². The van der Waals surface area contributed by atoms with Gasteiger partial charge < -0.3 is 30.0 Å². The molecule has 0 fully saturated rings. The van der Waals surface area contributed by atoms with Crippen LogP contribution >= 0.6 is 0 Å². The molecule has 11 nitrogen and oxygen atoms in total. The highest BCUT2D eigenvalue weighted by molar-refractivity contribution is 5.94. The van der Waals surface area contributed by atoms with Crippen LogP contribution in [0, 0.1) is 12.7 Å². The SMILES string of the molecule is COC(C)(CO)CCC(NCC(=O)OC(C)(C)C)c1nc(C(=O)NCc2ccc(F)c(C)c2)c(O)c(=O)[nH]1. The summed E-state index contributed by atoms with van der Waals surface area (Å²) in [5.74, 6) is -2.62. The number of halogens is 1. The Bertz CT molecular complexity index is 1190. The Hall–Kier alpha value is -3.35. The summed E-state index contributed by atoms with van der Waals surface area (Å²) >= 11 is 0. The molecule has 12 heteroatoms. The van der Waals surface area contributed by atoms with E-state index in [9.17, 15) is 29.0 Å². The molecule has 2 unspecified atom stereocenters. The molecule has 1 amide bonds. The minimum Gasteiger partial charge on any atom is -0.501 e. The van der Waals surface area contributed by atoms with E-state index >= 15 is 0 Å². The molecule has 2 aromatic rings. The van der Waals surface area contributed by atoms with Crippen molar-refractivity contribution in [1.82, 2.24) is 20.6 Å². The summed E-state index contributed by atoms with van der Waals surface area (Å²) in [5, 5.41) is 25.5. The third kappa shape index (κ3) is 8.89. The number of aliphatic hydroxyl groups excluding tert-OH is 1. The number of H-pyrrole nitrogens is 1. The van der Waals surface area contributed by atoms with Crippen LogP contribution in [0.5, 0.6) is 5.75 Å². The average molecular weight is 537 g/mol. The van der Waals surface area contributed by atoms with Crippen molar-refractivity contribution in [2.45, 2.75) is 71.2 Å². The van der Waals surface area contributed by atoms with Crippen LogP contribution in [0.3, 0.4) is 0 Å². The van der Waals surface area contributed by atoms with Gasteiger partial charge in [0.05, 0.1) is 24.8 Å². The number of aromatic nitrogens is 2. The number of esters is 1. The number of aryl methyl sites for hydroxylation is 1.